The Morgan fingerprint density at radius 1 is 1.38 bits per heavy atom. The predicted octanol–water partition coefficient (Wildman–Crippen LogP) is 2.72. The van der Waals surface area contributed by atoms with Crippen molar-refractivity contribution in [2.24, 2.45) is 5.92 Å². The Kier molecular flexibility index (Phi) is 5.56. The van der Waals surface area contributed by atoms with Crippen molar-refractivity contribution < 1.29 is 19.4 Å². The van der Waals surface area contributed by atoms with Crippen LogP contribution in [0.2, 0.25) is 0 Å². The van der Waals surface area contributed by atoms with Crippen LogP contribution in [0.4, 0.5) is 0 Å². The summed E-state index contributed by atoms with van der Waals surface area (Å²) in [6.45, 7) is 2.60. The van der Waals surface area contributed by atoms with E-state index in [9.17, 15) is 14.7 Å². The van der Waals surface area contributed by atoms with E-state index in [1.165, 1.54) is 0 Å². The van der Waals surface area contributed by atoms with Crippen LogP contribution in [0.1, 0.15) is 28.5 Å². The summed E-state index contributed by atoms with van der Waals surface area (Å²) in [5.41, 5.74) is 3.64. The smallest absolute Gasteiger partial charge is 0.308 e. The Labute approximate surface area is 156 Å². The predicted molar refractivity (Wildman–Crippen MR) is 98.6 cm³/mol. The molecule has 2 heterocycles. The molecule has 0 radical (unpaired) electrons. The number of aliphatic carboxylic acids is 1. The second-order valence-corrected chi connectivity index (χ2v) is 7.43. The lowest BCUT2D eigenvalue weighted by atomic mass is 9.89. The first kappa shape index (κ1) is 18.4. The maximum atomic E-state index is 12.6. The van der Waals surface area contributed by atoms with Crippen LogP contribution in [0, 0.1) is 12.8 Å². The molecule has 1 fully saturated rings. The van der Waals surface area contributed by atoms with E-state index in [0.717, 1.165) is 16.1 Å². The lowest BCUT2D eigenvalue weighted by Gasteiger charge is -2.17. The van der Waals surface area contributed by atoms with Crippen molar-refractivity contribution >= 4 is 23.2 Å². The van der Waals surface area contributed by atoms with Gasteiger partial charge in [-0.2, -0.15) is 0 Å². The number of benzene rings is 1. The van der Waals surface area contributed by atoms with Crippen LogP contribution in [0.25, 0.3) is 0 Å². The summed E-state index contributed by atoms with van der Waals surface area (Å²) in [6, 6.07) is 7.44. The minimum atomic E-state index is -0.869. The van der Waals surface area contributed by atoms with Gasteiger partial charge in [-0.3, -0.25) is 9.59 Å². The van der Waals surface area contributed by atoms with Gasteiger partial charge in [-0.1, -0.05) is 12.1 Å². The second kappa shape index (κ2) is 7.86. The molecule has 26 heavy (non-hydrogen) atoms. The third kappa shape index (κ3) is 3.88. The molecule has 1 N–H and O–H groups in total. The molecule has 2 aromatic rings. The third-order valence-electron chi connectivity index (χ3n) is 4.92. The summed E-state index contributed by atoms with van der Waals surface area (Å²) in [5, 5.41) is 9.61. The highest BCUT2D eigenvalue weighted by molar-refractivity contribution is 7.09. The molecule has 0 aliphatic carbocycles. The second-order valence-electron chi connectivity index (χ2n) is 6.49. The lowest BCUT2D eigenvalue weighted by Crippen LogP contribution is -2.30. The zero-order chi connectivity index (χ0) is 18.7. The van der Waals surface area contributed by atoms with Crippen LogP contribution in [-0.4, -0.2) is 47.1 Å². The Bertz CT molecular complexity index is 804. The zero-order valence-corrected chi connectivity index (χ0v) is 15.7. The van der Waals surface area contributed by atoms with E-state index in [1.807, 2.05) is 31.2 Å². The van der Waals surface area contributed by atoms with Crippen LogP contribution in [0.5, 0.6) is 5.75 Å². The van der Waals surface area contributed by atoms with E-state index in [2.05, 4.69) is 4.98 Å². The van der Waals surface area contributed by atoms with Gasteiger partial charge >= 0.3 is 5.97 Å². The number of thiazole rings is 1. The van der Waals surface area contributed by atoms with Crippen molar-refractivity contribution in [2.45, 2.75) is 25.7 Å². The normalized spacial score (nSPS) is 19.5. The number of likely N-dealkylation sites (tertiary alicyclic amines) is 1. The van der Waals surface area contributed by atoms with Gasteiger partial charge in [-0.15, -0.1) is 11.3 Å². The molecule has 1 aromatic carbocycles. The number of carbonyl (C=O) groups is 2. The summed E-state index contributed by atoms with van der Waals surface area (Å²) >= 11 is 1.55. The van der Waals surface area contributed by atoms with Crippen LogP contribution in [0.15, 0.2) is 29.8 Å². The summed E-state index contributed by atoms with van der Waals surface area (Å²) in [6.07, 6.45) is 1.02. The Hall–Kier alpha value is -2.41. The van der Waals surface area contributed by atoms with E-state index in [-0.39, 0.29) is 18.4 Å². The van der Waals surface area contributed by atoms with Crippen LogP contribution < -0.4 is 4.74 Å². The molecule has 0 saturated carbocycles. The van der Waals surface area contributed by atoms with Gasteiger partial charge in [0.15, 0.2) is 0 Å². The fraction of sp³-hybridized carbons (Fsp3) is 0.421. The number of amides is 1. The van der Waals surface area contributed by atoms with E-state index >= 15 is 0 Å². The van der Waals surface area contributed by atoms with Crippen LogP contribution >= 0.6 is 11.3 Å². The number of nitrogens with zero attached hydrogens (tertiary/aromatic N) is 2. The van der Waals surface area contributed by atoms with Gasteiger partial charge in [0, 0.05) is 30.3 Å². The molecular formula is C19H22N2O4S. The standard InChI is InChI=1S/C19H22N2O4S/c1-12-17(26-11-20-12)6-7-18(22)21-9-15(16(10-21)19(23)24)13-4-3-5-14(8-13)25-2/h3-5,8,11,15-16H,6-7,9-10H2,1-2H3,(H,23,24)/t15-,16+/m0/s1. The summed E-state index contributed by atoms with van der Waals surface area (Å²) < 4.78 is 5.24. The molecule has 1 aromatic heterocycles. The monoisotopic (exact) mass is 374 g/mol. The van der Waals surface area contributed by atoms with E-state index in [4.69, 9.17) is 4.74 Å². The highest BCUT2D eigenvalue weighted by atomic mass is 32.1. The number of aryl methyl sites for hydroxylation is 2. The van der Waals surface area contributed by atoms with Crippen molar-refractivity contribution in [2.75, 3.05) is 20.2 Å². The first-order chi connectivity index (χ1) is 12.5. The van der Waals surface area contributed by atoms with Crippen LogP contribution in [0.3, 0.4) is 0 Å². The number of carboxylic acid groups (broad SMARTS) is 1. The molecule has 6 nitrogen and oxygen atoms in total. The van der Waals surface area contributed by atoms with Gasteiger partial charge in [0.25, 0.3) is 0 Å². The van der Waals surface area contributed by atoms with Crippen molar-refractivity contribution in [1.82, 2.24) is 9.88 Å². The van der Waals surface area contributed by atoms with Gasteiger partial charge in [-0.05, 0) is 31.0 Å². The maximum Gasteiger partial charge on any atom is 0.308 e. The number of carboxylic acids is 1. The topological polar surface area (TPSA) is 79.7 Å². The quantitative estimate of drug-likeness (QED) is 0.841. The van der Waals surface area contributed by atoms with Crippen molar-refractivity contribution in [3.05, 3.63) is 45.9 Å². The van der Waals surface area contributed by atoms with E-state index < -0.39 is 11.9 Å². The minimum Gasteiger partial charge on any atom is -0.497 e. The number of aromatic nitrogens is 1. The lowest BCUT2D eigenvalue weighted by molar-refractivity contribution is -0.141. The fourth-order valence-corrected chi connectivity index (χ4v) is 4.19. The van der Waals surface area contributed by atoms with Gasteiger partial charge < -0.3 is 14.7 Å². The SMILES string of the molecule is COc1cccc([C@@H]2CN(C(=O)CCc3scnc3C)C[C@H]2C(=O)O)c1. The number of methoxy groups -OCH3 is 1. The highest BCUT2D eigenvalue weighted by Crippen LogP contribution is 2.34. The number of rotatable bonds is 6. The molecule has 1 aliphatic heterocycles. The number of carbonyl (C=O) groups excluding carboxylic acids is 1. The van der Waals surface area contributed by atoms with E-state index in [0.29, 0.717) is 25.1 Å². The largest absolute Gasteiger partial charge is 0.497 e. The Balaban J connectivity index is 1.71. The molecule has 0 spiro atoms. The fourth-order valence-electron chi connectivity index (χ4n) is 3.41. The zero-order valence-electron chi connectivity index (χ0n) is 14.8. The van der Waals surface area contributed by atoms with Gasteiger partial charge in [0.2, 0.25) is 5.91 Å². The molecule has 1 saturated heterocycles. The Morgan fingerprint density at radius 2 is 2.19 bits per heavy atom. The van der Waals surface area contributed by atoms with E-state index in [1.54, 1.807) is 28.9 Å². The average Bonchev–Trinajstić information content (AvgIpc) is 3.26. The molecule has 1 aliphatic rings. The minimum absolute atomic E-state index is 0.00514. The van der Waals surface area contributed by atoms with Gasteiger partial charge in [0.05, 0.1) is 24.2 Å². The Morgan fingerprint density at radius 3 is 2.85 bits per heavy atom. The van der Waals surface area contributed by atoms with Crippen molar-refractivity contribution in [3.63, 3.8) is 0 Å². The first-order valence-corrected chi connectivity index (χ1v) is 9.41. The maximum absolute atomic E-state index is 12.6. The van der Waals surface area contributed by atoms with Gasteiger partial charge in [0.1, 0.15) is 5.75 Å². The molecule has 3 rings (SSSR count). The summed E-state index contributed by atoms with van der Waals surface area (Å²) in [4.78, 5) is 31.3. The third-order valence-corrected chi connectivity index (χ3v) is 5.92. The molecule has 2 atom stereocenters. The molecule has 138 valence electrons. The van der Waals surface area contributed by atoms with Crippen molar-refractivity contribution in [3.8, 4) is 5.75 Å². The number of hydrogen-bond acceptors (Lipinski definition) is 5. The van der Waals surface area contributed by atoms with Crippen LogP contribution in [-0.2, 0) is 16.0 Å². The molecule has 7 heteroatoms. The average molecular weight is 374 g/mol. The molecule has 0 bridgehead atoms. The number of ether oxygens (including phenoxy) is 1. The number of hydrogen-bond donors (Lipinski definition) is 1. The first-order valence-electron chi connectivity index (χ1n) is 8.53. The molecule has 1 amide bonds. The summed E-state index contributed by atoms with van der Waals surface area (Å²) in [7, 11) is 1.58. The van der Waals surface area contributed by atoms with Gasteiger partial charge in [-0.25, -0.2) is 4.98 Å². The highest BCUT2D eigenvalue weighted by Gasteiger charge is 2.40. The molecule has 0 unspecified atom stereocenters. The van der Waals surface area contributed by atoms with Crippen molar-refractivity contribution in [1.29, 1.82) is 0 Å². The summed E-state index contributed by atoms with van der Waals surface area (Å²) in [5.74, 6) is -1.01. The molecular weight excluding hydrogens is 352 g/mol.